The van der Waals surface area contributed by atoms with Gasteiger partial charge in [0.15, 0.2) is 0 Å². The number of benzene rings is 2. The van der Waals surface area contributed by atoms with Crippen LogP contribution in [0, 0.1) is 6.92 Å². The summed E-state index contributed by atoms with van der Waals surface area (Å²) in [6.07, 6.45) is 0.638. The van der Waals surface area contributed by atoms with Crippen molar-refractivity contribution in [3.8, 4) is 5.75 Å². The van der Waals surface area contributed by atoms with Crippen LogP contribution in [0.15, 0.2) is 47.3 Å². The molecule has 1 aliphatic heterocycles. The molecule has 0 bridgehead atoms. The number of hydrogen-bond acceptors (Lipinski definition) is 5. The maximum absolute atomic E-state index is 13.3. The molecular formula is C23H24Cl2N4O2. The van der Waals surface area contributed by atoms with Gasteiger partial charge in [0.25, 0.3) is 5.56 Å². The predicted octanol–water partition coefficient (Wildman–Crippen LogP) is 5.00. The number of aryl methyl sites for hydroxylation is 1. The highest BCUT2D eigenvalue weighted by molar-refractivity contribution is 6.35. The van der Waals surface area contributed by atoms with Gasteiger partial charge in [0, 0.05) is 33.5 Å². The minimum Gasteiger partial charge on any atom is -0.497 e. The molecule has 31 heavy (non-hydrogen) atoms. The van der Waals surface area contributed by atoms with Gasteiger partial charge in [0.1, 0.15) is 5.75 Å². The standard InChI is InChI=1S/C23H24Cl2N4O2/c1-4-21-15(2)26-23-28(19-10-17(24)9-18(25)11-19)13-27(14-29(23)22(21)30)12-16-5-7-20(31-3)8-6-16/h5-11H,4,12-14H2,1-3H3. The van der Waals surface area contributed by atoms with Crippen LogP contribution in [-0.2, 0) is 19.6 Å². The fourth-order valence-electron chi connectivity index (χ4n) is 3.92. The van der Waals surface area contributed by atoms with Crippen molar-refractivity contribution in [2.45, 2.75) is 33.5 Å². The molecule has 0 atom stereocenters. The lowest BCUT2D eigenvalue weighted by molar-refractivity contribution is 0.189. The molecule has 0 radical (unpaired) electrons. The molecule has 0 aliphatic carbocycles. The number of halogens is 2. The van der Waals surface area contributed by atoms with Crippen molar-refractivity contribution in [3.63, 3.8) is 0 Å². The van der Waals surface area contributed by atoms with Crippen molar-refractivity contribution in [1.29, 1.82) is 0 Å². The van der Waals surface area contributed by atoms with E-state index in [1.807, 2.05) is 55.1 Å². The lowest BCUT2D eigenvalue weighted by Crippen LogP contribution is -2.47. The highest BCUT2D eigenvalue weighted by Crippen LogP contribution is 2.32. The Morgan fingerprint density at radius 3 is 2.35 bits per heavy atom. The molecule has 0 saturated carbocycles. The van der Waals surface area contributed by atoms with Gasteiger partial charge in [-0.25, -0.2) is 4.98 Å². The predicted molar refractivity (Wildman–Crippen MR) is 125 cm³/mol. The Kier molecular flexibility index (Phi) is 6.23. The lowest BCUT2D eigenvalue weighted by Gasteiger charge is -2.38. The number of nitrogens with zero attached hydrogens (tertiary/aromatic N) is 4. The van der Waals surface area contributed by atoms with Crippen LogP contribution in [0.1, 0.15) is 23.7 Å². The molecular weight excluding hydrogens is 435 g/mol. The highest BCUT2D eigenvalue weighted by Gasteiger charge is 2.28. The third kappa shape index (κ3) is 4.42. The van der Waals surface area contributed by atoms with Gasteiger partial charge in [-0.05, 0) is 49.2 Å². The largest absolute Gasteiger partial charge is 0.497 e. The molecule has 2 aromatic carbocycles. The van der Waals surface area contributed by atoms with Crippen LogP contribution in [0.25, 0.3) is 0 Å². The summed E-state index contributed by atoms with van der Waals surface area (Å²) in [5.41, 5.74) is 3.39. The molecule has 0 amide bonds. The first-order chi connectivity index (χ1) is 14.9. The number of hydrogen-bond donors (Lipinski definition) is 0. The van der Waals surface area contributed by atoms with E-state index in [0.29, 0.717) is 42.3 Å². The van der Waals surface area contributed by atoms with Crippen molar-refractivity contribution in [3.05, 3.63) is 79.7 Å². The summed E-state index contributed by atoms with van der Waals surface area (Å²) in [7, 11) is 1.65. The zero-order valence-electron chi connectivity index (χ0n) is 17.7. The Labute approximate surface area is 191 Å². The van der Waals surface area contributed by atoms with Gasteiger partial charge in [-0.1, -0.05) is 42.3 Å². The smallest absolute Gasteiger partial charge is 0.259 e. The van der Waals surface area contributed by atoms with Crippen LogP contribution >= 0.6 is 23.2 Å². The minimum absolute atomic E-state index is 0.0115. The number of fused-ring (bicyclic) bond motifs is 1. The number of anilines is 2. The number of aromatic nitrogens is 2. The van der Waals surface area contributed by atoms with Crippen molar-refractivity contribution in [2.75, 3.05) is 18.7 Å². The lowest BCUT2D eigenvalue weighted by atomic mass is 10.2. The van der Waals surface area contributed by atoms with E-state index in [1.165, 1.54) is 0 Å². The van der Waals surface area contributed by atoms with Crippen LogP contribution in [0.3, 0.4) is 0 Å². The molecule has 8 heteroatoms. The molecule has 1 aliphatic rings. The van der Waals surface area contributed by atoms with E-state index in [9.17, 15) is 4.79 Å². The third-order valence-electron chi connectivity index (χ3n) is 5.45. The fourth-order valence-corrected chi connectivity index (χ4v) is 4.43. The fraction of sp³-hybridized carbons (Fsp3) is 0.304. The van der Waals surface area contributed by atoms with Gasteiger partial charge in [0.2, 0.25) is 5.95 Å². The SMILES string of the molecule is CCc1c(C)nc2n(c1=O)CN(Cc1ccc(OC)cc1)CN2c1cc(Cl)cc(Cl)c1. The van der Waals surface area contributed by atoms with Gasteiger partial charge in [-0.15, -0.1) is 0 Å². The van der Waals surface area contributed by atoms with E-state index in [1.54, 1.807) is 17.7 Å². The summed E-state index contributed by atoms with van der Waals surface area (Å²) >= 11 is 12.6. The van der Waals surface area contributed by atoms with E-state index < -0.39 is 0 Å². The van der Waals surface area contributed by atoms with Crippen LogP contribution in [-0.4, -0.2) is 28.2 Å². The second-order valence-electron chi connectivity index (χ2n) is 7.58. The Bertz CT molecular complexity index is 1140. The molecule has 1 aromatic heterocycles. The maximum Gasteiger partial charge on any atom is 0.259 e. The van der Waals surface area contributed by atoms with E-state index in [2.05, 4.69) is 4.90 Å². The van der Waals surface area contributed by atoms with Crippen LogP contribution in [0.5, 0.6) is 5.75 Å². The van der Waals surface area contributed by atoms with Crippen LogP contribution < -0.4 is 15.2 Å². The second kappa shape index (κ2) is 8.91. The van der Waals surface area contributed by atoms with Crippen molar-refractivity contribution < 1.29 is 4.74 Å². The zero-order valence-corrected chi connectivity index (χ0v) is 19.2. The molecule has 0 fully saturated rings. The summed E-state index contributed by atoms with van der Waals surface area (Å²) in [6, 6.07) is 13.3. The second-order valence-corrected chi connectivity index (χ2v) is 8.45. The van der Waals surface area contributed by atoms with Crippen molar-refractivity contribution in [1.82, 2.24) is 14.5 Å². The van der Waals surface area contributed by atoms with E-state index in [4.69, 9.17) is 32.9 Å². The Hall–Kier alpha value is -2.54. The quantitative estimate of drug-likeness (QED) is 0.538. The summed E-state index contributed by atoms with van der Waals surface area (Å²) in [4.78, 5) is 22.2. The van der Waals surface area contributed by atoms with Crippen LogP contribution in [0.2, 0.25) is 10.0 Å². The summed E-state index contributed by atoms with van der Waals surface area (Å²) < 4.78 is 6.98. The van der Waals surface area contributed by atoms with E-state index >= 15 is 0 Å². The molecule has 0 N–H and O–H groups in total. The molecule has 6 nitrogen and oxygen atoms in total. The number of ether oxygens (including phenoxy) is 1. The molecule has 2 heterocycles. The third-order valence-corrected chi connectivity index (χ3v) is 5.89. The van der Waals surface area contributed by atoms with E-state index in [-0.39, 0.29) is 5.56 Å². The van der Waals surface area contributed by atoms with Crippen LogP contribution in [0.4, 0.5) is 11.6 Å². The Balaban J connectivity index is 1.77. The zero-order chi connectivity index (χ0) is 22.1. The van der Waals surface area contributed by atoms with E-state index in [0.717, 1.165) is 28.3 Å². The first-order valence-electron chi connectivity index (χ1n) is 10.1. The van der Waals surface area contributed by atoms with Gasteiger partial charge < -0.3 is 4.74 Å². The molecule has 0 unspecified atom stereocenters. The first kappa shape index (κ1) is 21.7. The first-order valence-corrected chi connectivity index (χ1v) is 10.8. The van der Waals surface area contributed by atoms with Gasteiger partial charge in [-0.2, -0.15) is 0 Å². The number of rotatable bonds is 5. The van der Waals surface area contributed by atoms with Crippen molar-refractivity contribution in [2.24, 2.45) is 0 Å². The Morgan fingerprint density at radius 2 is 1.74 bits per heavy atom. The molecule has 0 spiro atoms. The minimum atomic E-state index is -0.0115. The molecule has 0 saturated heterocycles. The summed E-state index contributed by atoms with van der Waals surface area (Å²) in [5, 5.41) is 1.07. The summed E-state index contributed by atoms with van der Waals surface area (Å²) in [5.74, 6) is 1.41. The van der Waals surface area contributed by atoms with Gasteiger partial charge in [0.05, 0.1) is 20.4 Å². The highest BCUT2D eigenvalue weighted by atomic mass is 35.5. The normalized spacial score (nSPS) is 13.9. The topological polar surface area (TPSA) is 50.6 Å². The molecule has 162 valence electrons. The average Bonchev–Trinajstić information content (AvgIpc) is 2.74. The number of methoxy groups -OCH3 is 1. The molecule has 3 aromatic rings. The van der Waals surface area contributed by atoms with Gasteiger partial charge in [-0.3, -0.25) is 19.2 Å². The van der Waals surface area contributed by atoms with Gasteiger partial charge >= 0.3 is 0 Å². The maximum atomic E-state index is 13.3. The monoisotopic (exact) mass is 458 g/mol. The van der Waals surface area contributed by atoms with Crippen molar-refractivity contribution >= 4 is 34.8 Å². The summed E-state index contributed by atoms with van der Waals surface area (Å²) in [6.45, 7) is 5.51. The Morgan fingerprint density at radius 1 is 1.06 bits per heavy atom. The average molecular weight is 459 g/mol. The molecule has 4 rings (SSSR count).